The lowest BCUT2D eigenvalue weighted by Crippen LogP contribution is -2.27. The van der Waals surface area contributed by atoms with Crippen LogP contribution in [0.25, 0.3) is 27.7 Å². The van der Waals surface area contributed by atoms with Gasteiger partial charge in [0.15, 0.2) is 0 Å². The molecule has 1 aromatic carbocycles. The molecular formula is C22H22N4O2. The van der Waals surface area contributed by atoms with Crippen molar-refractivity contribution < 1.29 is 4.42 Å². The maximum atomic E-state index is 12.7. The fourth-order valence-corrected chi connectivity index (χ4v) is 3.82. The summed E-state index contributed by atoms with van der Waals surface area (Å²) in [7, 11) is 0. The molecule has 5 rings (SSSR count). The SMILES string of the molecule is Cc1ccn2nc(-c3cc4ccc(N5CCCNCC5)cc4oc3=O)cc2c1. The van der Waals surface area contributed by atoms with Crippen LogP contribution in [0.5, 0.6) is 0 Å². The van der Waals surface area contributed by atoms with E-state index in [1.165, 1.54) is 0 Å². The van der Waals surface area contributed by atoms with Gasteiger partial charge >= 0.3 is 5.63 Å². The first-order valence-corrected chi connectivity index (χ1v) is 9.67. The number of fused-ring (bicyclic) bond motifs is 2. The number of benzene rings is 1. The Morgan fingerprint density at radius 3 is 2.93 bits per heavy atom. The monoisotopic (exact) mass is 374 g/mol. The highest BCUT2D eigenvalue weighted by atomic mass is 16.4. The average Bonchev–Trinajstić information content (AvgIpc) is 2.91. The number of nitrogens with one attached hydrogen (secondary N) is 1. The van der Waals surface area contributed by atoms with Crippen molar-refractivity contribution in [2.45, 2.75) is 13.3 Å². The van der Waals surface area contributed by atoms with Crippen LogP contribution in [0.15, 0.2) is 57.9 Å². The van der Waals surface area contributed by atoms with Crippen LogP contribution in [0.4, 0.5) is 5.69 Å². The second-order valence-electron chi connectivity index (χ2n) is 7.36. The largest absolute Gasteiger partial charge is 0.422 e. The quantitative estimate of drug-likeness (QED) is 0.546. The molecule has 1 aliphatic rings. The molecule has 1 saturated heterocycles. The van der Waals surface area contributed by atoms with E-state index in [4.69, 9.17) is 4.42 Å². The number of anilines is 1. The molecule has 1 aliphatic heterocycles. The van der Waals surface area contributed by atoms with E-state index >= 15 is 0 Å². The minimum absolute atomic E-state index is 0.359. The van der Waals surface area contributed by atoms with Gasteiger partial charge in [-0.1, -0.05) is 0 Å². The summed E-state index contributed by atoms with van der Waals surface area (Å²) in [5.41, 5.74) is 4.57. The lowest BCUT2D eigenvalue weighted by Gasteiger charge is -2.22. The Bertz CT molecular complexity index is 1220. The third-order valence-corrected chi connectivity index (χ3v) is 5.32. The standard InChI is InChI=1S/C22H22N4O2/c1-15-5-9-26-18(11-15)13-20(24-26)19-12-16-3-4-17(14-21(16)28-22(19)27)25-8-2-6-23-7-10-25/h3-5,9,11-14,23H,2,6-8,10H2,1H3. The molecule has 0 unspecified atom stereocenters. The minimum atomic E-state index is -0.359. The maximum absolute atomic E-state index is 12.7. The van der Waals surface area contributed by atoms with Crippen molar-refractivity contribution >= 4 is 22.2 Å². The Balaban J connectivity index is 1.56. The molecule has 28 heavy (non-hydrogen) atoms. The highest BCUT2D eigenvalue weighted by molar-refractivity contribution is 5.84. The summed E-state index contributed by atoms with van der Waals surface area (Å²) in [6.07, 6.45) is 3.01. The smallest absolute Gasteiger partial charge is 0.345 e. The Morgan fingerprint density at radius 2 is 2.00 bits per heavy atom. The van der Waals surface area contributed by atoms with Crippen LogP contribution in [-0.2, 0) is 0 Å². The minimum Gasteiger partial charge on any atom is -0.422 e. The van der Waals surface area contributed by atoms with Crippen LogP contribution in [0.2, 0.25) is 0 Å². The molecule has 1 fully saturated rings. The zero-order valence-corrected chi connectivity index (χ0v) is 15.8. The number of aryl methyl sites for hydroxylation is 1. The van der Waals surface area contributed by atoms with Crippen molar-refractivity contribution in [3.63, 3.8) is 0 Å². The van der Waals surface area contributed by atoms with Crippen molar-refractivity contribution in [2.75, 3.05) is 31.1 Å². The van der Waals surface area contributed by atoms with E-state index in [-0.39, 0.29) is 5.63 Å². The van der Waals surface area contributed by atoms with Gasteiger partial charge in [-0.05, 0) is 61.9 Å². The van der Waals surface area contributed by atoms with E-state index in [0.717, 1.165) is 54.8 Å². The Labute approximate surface area is 162 Å². The fraction of sp³-hybridized carbons (Fsp3) is 0.273. The molecule has 1 N–H and O–H groups in total. The van der Waals surface area contributed by atoms with Gasteiger partial charge in [0, 0.05) is 43.0 Å². The second kappa shape index (κ2) is 6.80. The predicted molar refractivity (Wildman–Crippen MR) is 111 cm³/mol. The molecule has 0 aliphatic carbocycles. The summed E-state index contributed by atoms with van der Waals surface area (Å²) in [5, 5.41) is 8.85. The summed E-state index contributed by atoms with van der Waals surface area (Å²) in [4.78, 5) is 15.0. The summed E-state index contributed by atoms with van der Waals surface area (Å²) < 4.78 is 7.46. The highest BCUT2D eigenvalue weighted by Gasteiger charge is 2.14. The summed E-state index contributed by atoms with van der Waals surface area (Å²) in [6, 6.07) is 13.9. The molecule has 0 bridgehead atoms. The molecule has 142 valence electrons. The van der Waals surface area contributed by atoms with Gasteiger partial charge in [0.25, 0.3) is 0 Å². The van der Waals surface area contributed by atoms with Crippen molar-refractivity contribution in [1.82, 2.24) is 14.9 Å². The van der Waals surface area contributed by atoms with Crippen molar-refractivity contribution in [3.8, 4) is 11.3 Å². The highest BCUT2D eigenvalue weighted by Crippen LogP contribution is 2.26. The lowest BCUT2D eigenvalue weighted by molar-refractivity contribution is 0.563. The number of aromatic nitrogens is 2. The van der Waals surface area contributed by atoms with Crippen LogP contribution in [-0.4, -0.2) is 35.8 Å². The third kappa shape index (κ3) is 3.05. The average molecular weight is 374 g/mol. The zero-order valence-electron chi connectivity index (χ0n) is 15.8. The Hall–Kier alpha value is -3.12. The van der Waals surface area contributed by atoms with Crippen LogP contribution >= 0.6 is 0 Å². The van der Waals surface area contributed by atoms with Crippen LogP contribution in [0, 0.1) is 6.92 Å². The molecule has 0 spiro atoms. The molecule has 6 heteroatoms. The summed E-state index contributed by atoms with van der Waals surface area (Å²) >= 11 is 0. The molecule has 0 saturated carbocycles. The molecule has 6 nitrogen and oxygen atoms in total. The normalized spacial score (nSPS) is 15.2. The van der Waals surface area contributed by atoms with E-state index in [9.17, 15) is 4.79 Å². The maximum Gasteiger partial charge on any atom is 0.345 e. The van der Waals surface area contributed by atoms with E-state index in [1.54, 1.807) is 4.52 Å². The number of rotatable bonds is 2. The van der Waals surface area contributed by atoms with E-state index in [1.807, 2.05) is 49.5 Å². The topological polar surface area (TPSA) is 62.8 Å². The summed E-state index contributed by atoms with van der Waals surface area (Å²) in [5.74, 6) is 0. The van der Waals surface area contributed by atoms with Gasteiger partial charge < -0.3 is 14.6 Å². The molecule has 4 heterocycles. The lowest BCUT2D eigenvalue weighted by atomic mass is 10.1. The molecule has 4 aromatic rings. The second-order valence-corrected chi connectivity index (χ2v) is 7.36. The van der Waals surface area contributed by atoms with Gasteiger partial charge in [0.2, 0.25) is 0 Å². The molecule has 0 atom stereocenters. The van der Waals surface area contributed by atoms with Crippen LogP contribution < -0.4 is 15.8 Å². The first-order valence-electron chi connectivity index (χ1n) is 9.67. The van der Waals surface area contributed by atoms with Gasteiger partial charge in [-0.2, -0.15) is 5.10 Å². The fourth-order valence-electron chi connectivity index (χ4n) is 3.82. The first kappa shape index (κ1) is 17.0. The van der Waals surface area contributed by atoms with E-state index < -0.39 is 0 Å². The zero-order chi connectivity index (χ0) is 19.1. The molecule has 0 amide bonds. The van der Waals surface area contributed by atoms with Gasteiger partial charge in [-0.25, -0.2) is 9.31 Å². The molecule has 0 radical (unpaired) electrons. The van der Waals surface area contributed by atoms with Crippen LogP contribution in [0.1, 0.15) is 12.0 Å². The van der Waals surface area contributed by atoms with Crippen molar-refractivity contribution in [3.05, 3.63) is 64.6 Å². The number of hydrogen-bond acceptors (Lipinski definition) is 5. The van der Waals surface area contributed by atoms with E-state index in [2.05, 4.69) is 21.4 Å². The van der Waals surface area contributed by atoms with Gasteiger partial charge in [0.05, 0.1) is 11.1 Å². The van der Waals surface area contributed by atoms with E-state index in [0.29, 0.717) is 16.8 Å². The number of hydrogen-bond donors (Lipinski definition) is 1. The third-order valence-electron chi connectivity index (χ3n) is 5.32. The van der Waals surface area contributed by atoms with Gasteiger partial charge in [0.1, 0.15) is 11.3 Å². The summed E-state index contributed by atoms with van der Waals surface area (Å²) in [6.45, 7) is 6.00. The molecule has 3 aromatic heterocycles. The van der Waals surface area contributed by atoms with Crippen molar-refractivity contribution in [1.29, 1.82) is 0 Å². The predicted octanol–water partition coefficient (Wildman–Crippen LogP) is 3.22. The van der Waals surface area contributed by atoms with Crippen molar-refractivity contribution in [2.24, 2.45) is 0 Å². The number of nitrogens with zero attached hydrogens (tertiary/aromatic N) is 3. The van der Waals surface area contributed by atoms with Crippen LogP contribution in [0.3, 0.4) is 0 Å². The Morgan fingerprint density at radius 1 is 1.07 bits per heavy atom. The first-order chi connectivity index (χ1) is 13.7. The Kier molecular flexibility index (Phi) is 4.13. The van der Waals surface area contributed by atoms with Gasteiger partial charge in [-0.15, -0.1) is 0 Å². The van der Waals surface area contributed by atoms with Gasteiger partial charge in [-0.3, -0.25) is 0 Å². The molecular weight excluding hydrogens is 352 g/mol. The number of pyridine rings is 1.